The molecule has 224 valence electrons. The minimum Gasteiger partial charge on any atom is -0.475 e. The van der Waals surface area contributed by atoms with Gasteiger partial charge in [0.1, 0.15) is 6.61 Å². The highest BCUT2D eigenvalue weighted by atomic mass is 79.9. The number of fused-ring (bicyclic) bond motifs is 4. The topological polar surface area (TPSA) is 101 Å². The van der Waals surface area contributed by atoms with Crippen molar-refractivity contribution in [2.24, 2.45) is 5.41 Å². The van der Waals surface area contributed by atoms with E-state index < -0.39 is 10.0 Å². The van der Waals surface area contributed by atoms with Gasteiger partial charge in [-0.2, -0.15) is 4.98 Å². The van der Waals surface area contributed by atoms with Gasteiger partial charge in [0, 0.05) is 28.2 Å². The fourth-order valence-corrected chi connectivity index (χ4v) is 6.59. The van der Waals surface area contributed by atoms with Crippen molar-refractivity contribution in [1.29, 1.82) is 0 Å². The Morgan fingerprint density at radius 3 is 2.33 bits per heavy atom. The Morgan fingerprint density at radius 2 is 1.65 bits per heavy atom. The molecule has 4 aromatic rings. The molecule has 3 aromatic carbocycles. The van der Waals surface area contributed by atoms with Gasteiger partial charge in [-0.3, -0.25) is 4.79 Å². The number of anilines is 1. The van der Waals surface area contributed by atoms with Gasteiger partial charge in [-0.15, -0.1) is 0 Å². The second-order valence-electron chi connectivity index (χ2n) is 12.1. The maximum Gasteiger partial charge on any atom is 0.264 e. The summed E-state index contributed by atoms with van der Waals surface area (Å²) >= 11 is 3.48. The Bertz CT molecular complexity index is 1750. The molecule has 8 nitrogen and oxygen atoms in total. The molecule has 4 bridgehead atoms. The summed E-state index contributed by atoms with van der Waals surface area (Å²) in [5.41, 5.74) is 4.44. The third-order valence-electron chi connectivity index (χ3n) is 7.30. The largest absolute Gasteiger partial charge is 0.475 e. The summed E-state index contributed by atoms with van der Waals surface area (Å²) in [5, 5.41) is 0. The fourth-order valence-electron chi connectivity index (χ4n) is 5.33. The van der Waals surface area contributed by atoms with Gasteiger partial charge in [0.2, 0.25) is 11.8 Å². The predicted molar refractivity (Wildman–Crippen MR) is 172 cm³/mol. The molecule has 0 spiro atoms. The van der Waals surface area contributed by atoms with Crippen LogP contribution < -0.4 is 9.46 Å². The Balaban J connectivity index is 1.68. The summed E-state index contributed by atoms with van der Waals surface area (Å²) in [6, 6.07) is 21.2. The normalized spacial score (nSPS) is 16.7. The highest BCUT2D eigenvalue weighted by Crippen LogP contribution is 2.32. The lowest BCUT2D eigenvalue weighted by atomic mass is 9.87. The number of hydrogen-bond donors (Lipinski definition) is 1. The number of rotatable bonds is 4. The average Bonchev–Trinajstić information content (AvgIpc) is 2.93. The van der Waals surface area contributed by atoms with Crippen LogP contribution in [0.25, 0.3) is 11.3 Å². The minimum absolute atomic E-state index is 0.0582. The van der Waals surface area contributed by atoms with E-state index in [-0.39, 0.29) is 46.3 Å². The molecule has 0 unspecified atom stereocenters. The van der Waals surface area contributed by atoms with Gasteiger partial charge >= 0.3 is 0 Å². The van der Waals surface area contributed by atoms with Crippen molar-refractivity contribution in [2.45, 2.75) is 58.5 Å². The Kier molecular flexibility index (Phi) is 8.63. The van der Waals surface area contributed by atoms with Crippen molar-refractivity contribution < 1.29 is 17.9 Å². The van der Waals surface area contributed by atoms with Crippen LogP contribution >= 0.6 is 15.9 Å². The number of ether oxygens (including phenoxy) is 1. The van der Waals surface area contributed by atoms with E-state index in [4.69, 9.17) is 4.74 Å². The predicted octanol–water partition coefficient (Wildman–Crippen LogP) is 7.16. The fraction of sp³-hybridized carbons (Fsp3) is 0.303. The number of nitrogens with zero attached hydrogens (tertiary/aromatic N) is 3. The Hall–Kier alpha value is -3.76. The standard InChI is InChI=1S/C33H35BrN4O4S/c1-21-8-6-9-22(2)30(21)28-17-29-36-32(35-28)37-43(40,41)27-11-7-10-24(16-27)31(39)38(19-23-12-14-25(34)15-13-23)26(20-42-29)18-33(3,4)5/h6-17,26H,18-20H2,1-5H3,(H,35,36,37)/t26-/m1/s1. The summed E-state index contributed by atoms with van der Waals surface area (Å²) in [7, 11) is -4.13. The van der Waals surface area contributed by atoms with E-state index in [1.54, 1.807) is 23.1 Å². The smallest absolute Gasteiger partial charge is 0.264 e. The maximum atomic E-state index is 14.2. The van der Waals surface area contributed by atoms with Crippen LogP contribution in [0.1, 0.15) is 54.2 Å². The third-order valence-corrected chi connectivity index (χ3v) is 9.15. The SMILES string of the molecule is Cc1cccc(C)c1-c1cc2nc(n1)NS(=O)(=O)c1cccc(c1)C(=O)N(Cc1ccc(Br)cc1)[C@H](CC(C)(C)C)CO2. The highest BCUT2D eigenvalue weighted by Gasteiger charge is 2.31. The van der Waals surface area contributed by atoms with Crippen LogP contribution in [0.2, 0.25) is 0 Å². The molecule has 1 amide bonds. The van der Waals surface area contributed by atoms with E-state index in [2.05, 4.69) is 51.4 Å². The van der Waals surface area contributed by atoms with Crippen molar-refractivity contribution in [2.75, 3.05) is 11.3 Å². The van der Waals surface area contributed by atoms with Gasteiger partial charge in [-0.25, -0.2) is 18.1 Å². The van der Waals surface area contributed by atoms with Gasteiger partial charge in [0.15, 0.2) is 0 Å². The summed E-state index contributed by atoms with van der Waals surface area (Å²) in [6.07, 6.45) is 0.632. The van der Waals surface area contributed by atoms with Crippen LogP contribution in [0.5, 0.6) is 5.88 Å². The van der Waals surface area contributed by atoms with Gasteiger partial charge in [-0.1, -0.05) is 73.1 Å². The number of benzene rings is 3. The molecule has 0 saturated heterocycles. The van der Waals surface area contributed by atoms with Crippen molar-refractivity contribution in [3.63, 3.8) is 0 Å². The lowest BCUT2D eigenvalue weighted by molar-refractivity contribution is 0.0513. The molecule has 1 aliphatic heterocycles. The molecule has 1 aliphatic rings. The molecular weight excluding hydrogens is 628 g/mol. The molecule has 43 heavy (non-hydrogen) atoms. The number of carbonyl (C=O) groups excluding carboxylic acids is 1. The van der Waals surface area contributed by atoms with Crippen LogP contribution in [0.15, 0.2) is 82.2 Å². The molecule has 10 heteroatoms. The van der Waals surface area contributed by atoms with Gasteiger partial charge in [0.25, 0.3) is 15.9 Å². The first-order valence-corrected chi connectivity index (χ1v) is 16.3. The minimum atomic E-state index is -4.13. The lowest BCUT2D eigenvalue weighted by Gasteiger charge is -2.36. The zero-order valence-corrected chi connectivity index (χ0v) is 27.3. The summed E-state index contributed by atoms with van der Waals surface area (Å²) in [6.45, 7) is 10.8. The number of halogens is 1. The number of sulfonamides is 1. The average molecular weight is 664 g/mol. The van der Waals surface area contributed by atoms with E-state index in [0.29, 0.717) is 18.7 Å². The van der Waals surface area contributed by atoms with Crippen LogP contribution in [-0.4, -0.2) is 41.8 Å². The summed E-state index contributed by atoms with van der Waals surface area (Å²) < 4.78 is 36.9. The van der Waals surface area contributed by atoms with Gasteiger partial charge in [0.05, 0.1) is 16.6 Å². The number of carbonyl (C=O) groups is 1. The van der Waals surface area contributed by atoms with Gasteiger partial charge < -0.3 is 9.64 Å². The highest BCUT2D eigenvalue weighted by molar-refractivity contribution is 9.10. The zero-order chi connectivity index (χ0) is 30.9. The Labute approximate surface area is 261 Å². The zero-order valence-electron chi connectivity index (χ0n) is 24.9. The second-order valence-corrected chi connectivity index (χ2v) is 14.7. The molecule has 1 N–H and O–H groups in total. The number of hydrogen-bond acceptors (Lipinski definition) is 6. The number of aryl methyl sites for hydroxylation is 2. The first kappa shape index (κ1) is 30.7. The maximum absolute atomic E-state index is 14.2. The van der Waals surface area contributed by atoms with E-state index in [9.17, 15) is 13.2 Å². The van der Waals surface area contributed by atoms with Crippen molar-refractivity contribution in [1.82, 2.24) is 14.9 Å². The molecule has 0 radical (unpaired) electrons. The molecule has 2 heterocycles. The second kappa shape index (κ2) is 12.1. The van der Waals surface area contributed by atoms with E-state index in [1.165, 1.54) is 12.1 Å². The molecule has 0 saturated carbocycles. The van der Waals surface area contributed by atoms with Crippen LogP contribution in [0.4, 0.5) is 5.95 Å². The monoisotopic (exact) mass is 662 g/mol. The van der Waals surface area contributed by atoms with Crippen LogP contribution in [-0.2, 0) is 16.6 Å². The molecular formula is C33H35BrN4O4S. The van der Waals surface area contributed by atoms with Crippen molar-refractivity contribution >= 4 is 37.8 Å². The summed E-state index contributed by atoms with van der Waals surface area (Å²) in [5.74, 6) is -0.178. The third kappa shape index (κ3) is 7.25. The first-order valence-electron chi connectivity index (χ1n) is 14.1. The quantitative estimate of drug-likeness (QED) is 0.249. The van der Waals surface area contributed by atoms with Crippen molar-refractivity contribution in [3.05, 3.63) is 99.5 Å². The Morgan fingerprint density at radius 1 is 0.977 bits per heavy atom. The summed E-state index contributed by atoms with van der Waals surface area (Å²) in [4.78, 5) is 25.0. The number of nitrogens with one attached hydrogen (secondary N) is 1. The van der Waals surface area contributed by atoms with Gasteiger partial charge in [-0.05, 0) is 72.7 Å². The molecule has 0 aliphatic carbocycles. The van der Waals surface area contributed by atoms with Crippen LogP contribution in [0.3, 0.4) is 0 Å². The van der Waals surface area contributed by atoms with Crippen molar-refractivity contribution in [3.8, 4) is 17.1 Å². The number of amides is 1. The molecule has 0 fully saturated rings. The van der Waals surface area contributed by atoms with E-state index >= 15 is 0 Å². The lowest BCUT2D eigenvalue weighted by Crippen LogP contribution is -2.45. The van der Waals surface area contributed by atoms with E-state index in [0.717, 1.165) is 26.7 Å². The molecule has 1 aromatic heterocycles. The number of aromatic nitrogens is 2. The first-order chi connectivity index (χ1) is 20.3. The molecule has 5 rings (SSSR count). The molecule has 1 atom stereocenters. The van der Waals surface area contributed by atoms with E-state index in [1.807, 2.05) is 56.3 Å². The van der Waals surface area contributed by atoms with Crippen LogP contribution in [0, 0.1) is 19.3 Å².